The maximum absolute atomic E-state index is 12.9. The second-order valence-electron chi connectivity index (χ2n) is 7.60. The maximum atomic E-state index is 12.9. The lowest BCUT2D eigenvalue weighted by atomic mass is 10.1. The summed E-state index contributed by atoms with van der Waals surface area (Å²) >= 11 is 9.83. The summed E-state index contributed by atoms with van der Waals surface area (Å²) in [5.41, 5.74) is 2.71. The number of urea groups is 1. The highest BCUT2D eigenvalue weighted by Gasteiger charge is 2.33. The van der Waals surface area contributed by atoms with Crippen LogP contribution in [-0.2, 0) is 17.9 Å². The minimum absolute atomic E-state index is 0.125. The molecule has 1 saturated heterocycles. The Bertz CT molecular complexity index is 1370. The first-order valence-electron chi connectivity index (χ1n) is 10.5. The van der Waals surface area contributed by atoms with Crippen LogP contribution in [0.15, 0.2) is 70.8 Å². The van der Waals surface area contributed by atoms with Gasteiger partial charge in [0, 0.05) is 10.0 Å². The molecule has 0 unspecified atom stereocenters. The molecule has 0 aromatic heterocycles. The van der Waals surface area contributed by atoms with E-state index >= 15 is 0 Å². The first-order valence-corrected chi connectivity index (χ1v) is 11.6. The number of benzene rings is 3. The lowest BCUT2D eigenvalue weighted by Crippen LogP contribution is -2.30. The molecule has 0 saturated carbocycles. The molecule has 0 spiro atoms. The molecular weight excluding hydrogens is 534 g/mol. The van der Waals surface area contributed by atoms with E-state index in [0.29, 0.717) is 28.2 Å². The molecule has 0 radical (unpaired) electrons. The molecule has 1 N–H and O–H groups in total. The highest BCUT2D eigenvalue weighted by molar-refractivity contribution is 9.10. The number of amides is 3. The summed E-state index contributed by atoms with van der Waals surface area (Å²) in [5, 5.41) is 12.1. The molecule has 3 aromatic carbocycles. The van der Waals surface area contributed by atoms with Gasteiger partial charge < -0.3 is 14.8 Å². The average molecular weight is 553 g/mol. The van der Waals surface area contributed by atoms with E-state index in [0.717, 1.165) is 14.9 Å². The summed E-state index contributed by atoms with van der Waals surface area (Å²) < 4.78 is 12.2. The Kier molecular flexibility index (Phi) is 7.39. The fourth-order valence-corrected chi connectivity index (χ4v) is 4.06. The van der Waals surface area contributed by atoms with E-state index in [1.54, 1.807) is 30.3 Å². The number of nitrogens with one attached hydrogen (secondary N) is 1. The summed E-state index contributed by atoms with van der Waals surface area (Å²) in [7, 11) is 1.47. The molecule has 0 bridgehead atoms. The quantitative estimate of drug-likeness (QED) is 0.302. The SMILES string of the molecule is COc1cc(/C=C2/NC(=O)N(Cc3ccc(Br)cc3)C2=O)cc(Cl)c1OCc1ccccc1C#N. The van der Waals surface area contributed by atoms with Gasteiger partial charge >= 0.3 is 6.03 Å². The summed E-state index contributed by atoms with van der Waals surface area (Å²) in [6.07, 6.45) is 1.53. The van der Waals surface area contributed by atoms with Gasteiger partial charge in [0.25, 0.3) is 5.91 Å². The topological polar surface area (TPSA) is 91.7 Å². The lowest BCUT2D eigenvalue weighted by Gasteiger charge is -2.14. The van der Waals surface area contributed by atoms with Gasteiger partial charge in [-0.25, -0.2) is 4.79 Å². The Morgan fingerprint density at radius 2 is 1.89 bits per heavy atom. The van der Waals surface area contributed by atoms with Crippen LogP contribution in [0, 0.1) is 11.3 Å². The van der Waals surface area contributed by atoms with E-state index in [9.17, 15) is 14.9 Å². The van der Waals surface area contributed by atoms with E-state index in [2.05, 4.69) is 27.3 Å². The minimum Gasteiger partial charge on any atom is -0.493 e. The zero-order valence-electron chi connectivity index (χ0n) is 18.5. The molecule has 35 heavy (non-hydrogen) atoms. The molecule has 1 fully saturated rings. The van der Waals surface area contributed by atoms with Crippen LogP contribution in [0.3, 0.4) is 0 Å². The van der Waals surface area contributed by atoms with Gasteiger partial charge in [-0.3, -0.25) is 9.69 Å². The normalized spacial score (nSPS) is 14.1. The zero-order chi connectivity index (χ0) is 24.9. The molecule has 1 heterocycles. The molecule has 0 aliphatic carbocycles. The number of rotatable bonds is 7. The lowest BCUT2D eigenvalue weighted by molar-refractivity contribution is -0.123. The third kappa shape index (κ3) is 5.48. The van der Waals surface area contributed by atoms with Gasteiger partial charge in [-0.1, -0.05) is 57.9 Å². The van der Waals surface area contributed by atoms with Crippen molar-refractivity contribution >= 4 is 45.5 Å². The summed E-state index contributed by atoms with van der Waals surface area (Å²) in [6.45, 7) is 0.274. The van der Waals surface area contributed by atoms with Crippen LogP contribution in [-0.4, -0.2) is 23.9 Å². The Balaban J connectivity index is 1.54. The van der Waals surface area contributed by atoms with Gasteiger partial charge in [0.05, 0.1) is 30.3 Å². The molecule has 176 valence electrons. The van der Waals surface area contributed by atoms with Crippen LogP contribution in [0.4, 0.5) is 4.79 Å². The monoisotopic (exact) mass is 551 g/mol. The average Bonchev–Trinajstić information content (AvgIpc) is 3.11. The largest absolute Gasteiger partial charge is 0.493 e. The van der Waals surface area contributed by atoms with Crippen molar-refractivity contribution in [2.45, 2.75) is 13.2 Å². The molecule has 9 heteroatoms. The van der Waals surface area contributed by atoms with E-state index in [1.807, 2.05) is 30.3 Å². The smallest absolute Gasteiger partial charge is 0.329 e. The molecule has 1 aliphatic heterocycles. The predicted octanol–water partition coefficient (Wildman–Crippen LogP) is 5.65. The first-order chi connectivity index (χ1) is 16.9. The second-order valence-corrected chi connectivity index (χ2v) is 8.92. The van der Waals surface area contributed by atoms with E-state index < -0.39 is 11.9 Å². The summed E-state index contributed by atoms with van der Waals surface area (Å²) in [4.78, 5) is 26.4. The Labute approximate surface area is 215 Å². The number of nitrogens with zero attached hydrogens (tertiary/aromatic N) is 2. The van der Waals surface area contributed by atoms with Gasteiger partial charge in [0.2, 0.25) is 0 Å². The van der Waals surface area contributed by atoms with Crippen molar-refractivity contribution in [3.8, 4) is 17.6 Å². The number of ether oxygens (including phenoxy) is 2. The Morgan fingerprint density at radius 1 is 1.14 bits per heavy atom. The highest BCUT2D eigenvalue weighted by Crippen LogP contribution is 2.38. The third-order valence-corrected chi connectivity index (χ3v) is 6.10. The Morgan fingerprint density at radius 3 is 2.60 bits per heavy atom. The number of methoxy groups -OCH3 is 1. The maximum Gasteiger partial charge on any atom is 0.329 e. The number of hydrogen-bond acceptors (Lipinski definition) is 5. The van der Waals surface area contributed by atoms with Crippen LogP contribution >= 0.6 is 27.5 Å². The molecule has 1 aliphatic rings. The van der Waals surface area contributed by atoms with E-state index in [-0.39, 0.29) is 23.9 Å². The van der Waals surface area contributed by atoms with Gasteiger partial charge in [0.15, 0.2) is 11.5 Å². The van der Waals surface area contributed by atoms with Crippen molar-refractivity contribution in [3.63, 3.8) is 0 Å². The fraction of sp³-hybridized carbons (Fsp3) is 0.115. The first kappa shape index (κ1) is 24.3. The van der Waals surface area contributed by atoms with Crippen molar-refractivity contribution in [3.05, 3.63) is 98.1 Å². The third-order valence-electron chi connectivity index (χ3n) is 5.29. The standard InChI is InChI=1S/C26H19BrClN3O4/c1-34-23-12-17(10-21(28)24(23)35-15-19-5-3-2-4-18(19)13-29)11-22-25(32)31(26(33)30-22)14-16-6-8-20(27)9-7-16/h2-12H,14-15H2,1H3,(H,30,33)/b22-11+. The second kappa shape index (κ2) is 10.6. The number of carbonyl (C=O) groups is 2. The van der Waals surface area contributed by atoms with Crippen LogP contribution in [0.5, 0.6) is 11.5 Å². The fourth-order valence-electron chi connectivity index (χ4n) is 3.52. The summed E-state index contributed by atoms with van der Waals surface area (Å²) in [5.74, 6) is 0.214. The predicted molar refractivity (Wildman–Crippen MR) is 135 cm³/mol. The molecule has 7 nitrogen and oxygen atoms in total. The van der Waals surface area contributed by atoms with Gasteiger partial charge in [-0.05, 0) is 47.5 Å². The zero-order valence-corrected chi connectivity index (χ0v) is 20.9. The van der Waals surface area contributed by atoms with Crippen molar-refractivity contribution in [2.24, 2.45) is 0 Å². The van der Waals surface area contributed by atoms with Crippen molar-refractivity contribution in [1.29, 1.82) is 5.26 Å². The van der Waals surface area contributed by atoms with Crippen LogP contribution < -0.4 is 14.8 Å². The number of nitriles is 1. The number of carbonyl (C=O) groups excluding carboxylic acids is 2. The molecule has 4 rings (SSSR count). The van der Waals surface area contributed by atoms with Crippen molar-refractivity contribution in [2.75, 3.05) is 7.11 Å². The number of halogens is 2. The molecule has 3 amide bonds. The molecule has 0 atom stereocenters. The highest BCUT2D eigenvalue weighted by atomic mass is 79.9. The van der Waals surface area contributed by atoms with Crippen LogP contribution in [0.2, 0.25) is 5.02 Å². The molecular formula is C26H19BrClN3O4. The van der Waals surface area contributed by atoms with E-state index in [4.69, 9.17) is 21.1 Å². The van der Waals surface area contributed by atoms with Crippen molar-refractivity contribution in [1.82, 2.24) is 10.2 Å². The van der Waals surface area contributed by atoms with Gasteiger partial charge in [-0.2, -0.15) is 5.26 Å². The van der Waals surface area contributed by atoms with Crippen molar-refractivity contribution < 1.29 is 19.1 Å². The summed E-state index contributed by atoms with van der Waals surface area (Å²) in [6, 6.07) is 19.4. The minimum atomic E-state index is -0.502. The van der Waals surface area contributed by atoms with Gasteiger partial charge in [0.1, 0.15) is 12.3 Å². The van der Waals surface area contributed by atoms with Gasteiger partial charge in [-0.15, -0.1) is 0 Å². The van der Waals surface area contributed by atoms with Crippen LogP contribution in [0.1, 0.15) is 22.3 Å². The van der Waals surface area contributed by atoms with E-state index in [1.165, 1.54) is 13.2 Å². The number of hydrogen-bond donors (Lipinski definition) is 1. The van der Waals surface area contributed by atoms with Crippen LogP contribution in [0.25, 0.3) is 6.08 Å². The number of imide groups is 1. The molecule has 3 aromatic rings. The Hall–Kier alpha value is -3.80.